The summed E-state index contributed by atoms with van der Waals surface area (Å²) < 4.78 is 0. The van der Waals surface area contributed by atoms with Crippen LogP contribution < -0.4 is 10.6 Å². The van der Waals surface area contributed by atoms with Crippen molar-refractivity contribution < 1.29 is 10.2 Å². The van der Waals surface area contributed by atoms with Gasteiger partial charge >= 0.3 is 0 Å². The Morgan fingerprint density at radius 2 is 1.10 bits per heavy atom. The highest BCUT2D eigenvalue weighted by molar-refractivity contribution is 5.85. The Bertz CT molecular complexity index is 948. The van der Waals surface area contributed by atoms with E-state index in [1.807, 2.05) is 24.3 Å². The molecule has 0 spiro atoms. The fraction of sp³-hybridized carbons (Fsp3) is 0.250. The number of hydrogen-bond acceptors (Lipinski definition) is 4. The van der Waals surface area contributed by atoms with Crippen LogP contribution in [0, 0.1) is 0 Å². The van der Waals surface area contributed by atoms with Crippen molar-refractivity contribution >= 4 is 36.2 Å². The van der Waals surface area contributed by atoms with E-state index in [1.165, 1.54) is 28.3 Å². The van der Waals surface area contributed by atoms with Crippen molar-refractivity contribution in [2.75, 3.05) is 10.6 Å². The predicted molar refractivity (Wildman–Crippen MR) is 131 cm³/mol. The maximum Gasteiger partial charge on any atom is 0.183 e. The number of rotatable bonds is 8. The van der Waals surface area contributed by atoms with Crippen LogP contribution in [0.2, 0.25) is 0 Å². The molecule has 0 atom stereocenters. The van der Waals surface area contributed by atoms with Gasteiger partial charge in [0.25, 0.3) is 0 Å². The summed E-state index contributed by atoms with van der Waals surface area (Å²) in [5.41, 5.74) is 6.23. The average Bonchev–Trinajstić information content (AvgIpc) is 2.74. The van der Waals surface area contributed by atoms with E-state index in [-0.39, 0.29) is 36.3 Å². The quantitative estimate of drug-likeness (QED) is 0.241. The molecule has 0 aliphatic carbocycles. The number of anilines is 2. The second-order valence-electron chi connectivity index (χ2n) is 6.81. The Morgan fingerprint density at radius 3 is 1.60 bits per heavy atom. The van der Waals surface area contributed by atoms with Crippen LogP contribution in [0.4, 0.5) is 11.4 Å². The minimum Gasteiger partial charge on any atom is -0.504 e. The number of aromatic hydroxyl groups is 2. The molecule has 0 aliphatic heterocycles. The van der Waals surface area contributed by atoms with Crippen molar-refractivity contribution in [3.05, 3.63) is 82.9 Å². The van der Waals surface area contributed by atoms with Gasteiger partial charge in [-0.2, -0.15) is 0 Å². The highest BCUT2D eigenvalue weighted by Gasteiger charge is 2.13. The molecular formula is C24H30Cl2N2O2. The second-order valence-corrected chi connectivity index (χ2v) is 6.81. The molecule has 0 saturated carbocycles. The number of aryl methyl sites for hydroxylation is 2. The summed E-state index contributed by atoms with van der Waals surface area (Å²) in [5, 5.41) is 27.1. The van der Waals surface area contributed by atoms with Gasteiger partial charge in [-0.15, -0.1) is 24.8 Å². The lowest BCUT2D eigenvalue weighted by Crippen LogP contribution is -2.08. The van der Waals surface area contributed by atoms with Crippen LogP contribution in [-0.4, -0.2) is 10.2 Å². The van der Waals surface area contributed by atoms with E-state index >= 15 is 0 Å². The van der Waals surface area contributed by atoms with Gasteiger partial charge < -0.3 is 20.8 Å². The Morgan fingerprint density at radius 1 is 0.633 bits per heavy atom. The molecule has 3 aromatic carbocycles. The minimum absolute atomic E-state index is 0. The smallest absolute Gasteiger partial charge is 0.183 e. The summed E-state index contributed by atoms with van der Waals surface area (Å²) >= 11 is 0. The van der Waals surface area contributed by atoms with Crippen molar-refractivity contribution in [3.63, 3.8) is 0 Å². The van der Waals surface area contributed by atoms with Gasteiger partial charge in [-0.25, -0.2) is 0 Å². The maximum absolute atomic E-state index is 10.4. The molecule has 0 fully saturated rings. The zero-order valence-corrected chi connectivity index (χ0v) is 18.9. The third-order valence-electron chi connectivity index (χ3n) is 5.08. The molecular weight excluding hydrogens is 419 g/mol. The van der Waals surface area contributed by atoms with E-state index in [1.54, 1.807) is 6.07 Å². The van der Waals surface area contributed by atoms with Crippen LogP contribution >= 0.6 is 24.8 Å². The zero-order valence-electron chi connectivity index (χ0n) is 17.3. The standard InChI is InChI=1S/C24H28N2O2.2ClH/c1-3-17-9-5-7-11-19(17)15-25-21-13-14-22(27)24(28)23(21)26-16-20-12-8-6-10-18(20)4-2;;/h5-14,25-28H,3-4,15-16H2,1-2H3;2*1H. The lowest BCUT2D eigenvalue weighted by Gasteiger charge is -2.18. The summed E-state index contributed by atoms with van der Waals surface area (Å²) in [6, 6.07) is 19.9. The third-order valence-corrected chi connectivity index (χ3v) is 5.08. The third kappa shape index (κ3) is 5.97. The van der Waals surface area contributed by atoms with Gasteiger partial charge in [-0.05, 0) is 47.2 Å². The van der Waals surface area contributed by atoms with Gasteiger partial charge in [0, 0.05) is 13.1 Å². The van der Waals surface area contributed by atoms with Crippen LogP contribution in [0.3, 0.4) is 0 Å². The predicted octanol–water partition coefficient (Wildman–Crippen LogP) is 6.29. The topological polar surface area (TPSA) is 64.5 Å². The molecule has 0 unspecified atom stereocenters. The van der Waals surface area contributed by atoms with Gasteiger partial charge in [0.1, 0.15) is 5.69 Å². The van der Waals surface area contributed by atoms with Gasteiger partial charge in [0.2, 0.25) is 0 Å². The molecule has 4 nitrogen and oxygen atoms in total. The number of phenols is 2. The molecule has 4 N–H and O–H groups in total. The fourth-order valence-corrected chi connectivity index (χ4v) is 3.43. The molecule has 0 bridgehead atoms. The molecule has 6 heteroatoms. The molecule has 3 aromatic rings. The Hall–Kier alpha value is -2.56. The molecule has 0 amide bonds. The molecule has 3 rings (SSSR count). The first-order chi connectivity index (χ1) is 13.6. The summed E-state index contributed by atoms with van der Waals surface area (Å²) in [4.78, 5) is 0. The van der Waals surface area contributed by atoms with Crippen molar-refractivity contribution in [1.82, 2.24) is 0 Å². The normalized spacial score (nSPS) is 9.93. The number of benzene rings is 3. The number of nitrogens with one attached hydrogen (secondary N) is 2. The molecule has 162 valence electrons. The van der Waals surface area contributed by atoms with Crippen molar-refractivity contribution in [3.8, 4) is 11.5 Å². The first kappa shape index (κ1) is 25.5. The lowest BCUT2D eigenvalue weighted by molar-refractivity contribution is 0.405. The SMILES string of the molecule is CCc1ccccc1CNc1ccc(O)c(O)c1NCc1ccccc1CC.Cl.Cl. The van der Waals surface area contributed by atoms with E-state index < -0.39 is 0 Å². The van der Waals surface area contributed by atoms with Crippen molar-refractivity contribution in [2.24, 2.45) is 0 Å². The molecule has 0 aromatic heterocycles. The van der Waals surface area contributed by atoms with Crippen molar-refractivity contribution in [1.29, 1.82) is 0 Å². The molecule has 0 heterocycles. The first-order valence-corrected chi connectivity index (χ1v) is 9.80. The van der Waals surface area contributed by atoms with Crippen LogP contribution in [0.1, 0.15) is 36.1 Å². The van der Waals surface area contributed by atoms with E-state index in [9.17, 15) is 10.2 Å². The summed E-state index contributed by atoms with van der Waals surface area (Å²) in [7, 11) is 0. The zero-order chi connectivity index (χ0) is 19.9. The average molecular weight is 449 g/mol. The van der Waals surface area contributed by atoms with Gasteiger partial charge in [-0.1, -0.05) is 62.4 Å². The monoisotopic (exact) mass is 448 g/mol. The molecule has 30 heavy (non-hydrogen) atoms. The molecule has 0 aliphatic rings. The summed E-state index contributed by atoms with van der Waals surface area (Å²) in [6.07, 6.45) is 1.92. The second kappa shape index (κ2) is 12.2. The number of halogens is 2. The van der Waals surface area contributed by atoms with Crippen LogP contribution in [-0.2, 0) is 25.9 Å². The van der Waals surface area contributed by atoms with E-state index in [4.69, 9.17) is 0 Å². The Balaban J connectivity index is 0.00000225. The largest absolute Gasteiger partial charge is 0.504 e. The van der Waals surface area contributed by atoms with Crippen LogP contribution in [0.5, 0.6) is 11.5 Å². The number of hydrogen-bond donors (Lipinski definition) is 4. The Labute approximate surface area is 191 Å². The van der Waals surface area contributed by atoms with Crippen LogP contribution in [0.15, 0.2) is 60.7 Å². The van der Waals surface area contributed by atoms with E-state index in [2.05, 4.69) is 48.7 Å². The highest BCUT2D eigenvalue weighted by atomic mass is 35.5. The van der Waals surface area contributed by atoms with Gasteiger partial charge in [0.15, 0.2) is 11.5 Å². The minimum atomic E-state index is -0.136. The van der Waals surface area contributed by atoms with E-state index in [0.717, 1.165) is 18.5 Å². The highest BCUT2D eigenvalue weighted by Crippen LogP contribution is 2.39. The van der Waals surface area contributed by atoms with E-state index in [0.29, 0.717) is 18.8 Å². The first-order valence-electron chi connectivity index (χ1n) is 9.80. The Kier molecular flexibility index (Phi) is 10.4. The summed E-state index contributed by atoms with van der Waals surface area (Å²) in [5.74, 6) is -0.270. The van der Waals surface area contributed by atoms with Gasteiger partial charge in [-0.3, -0.25) is 0 Å². The maximum atomic E-state index is 10.4. The van der Waals surface area contributed by atoms with Crippen molar-refractivity contribution in [2.45, 2.75) is 39.8 Å². The van der Waals surface area contributed by atoms with Crippen LogP contribution in [0.25, 0.3) is 0 Å². The van der Waals surface area contributed by atoms with Gasteiger partial charge in [0.05, 0.1) is 5.69 Å². The molecule has 0 saturated heterocycles. The molecule has 0 radical (unpaired) electrons. The number of phenolic OH excluding ortho intramolecular Hbond substituents is 2. The summed E-state index contributed by atoms with van der Waals surface area (Å²) in [6.45, 7) is 5.49. The fourth-order valence-electron chi connectivity index (χ4n) is 3.43. The lowest BCUT2D eigenvalue weighted by atomic mass is 10.0.